The number of benzene rings is 19. The summed E-state index contributed by atoms with van der Waals surface area (Å²) in [7, 11) is 0. The van der Waals surface area contributed by atoms with Gasteiger partial charge in [0, 0.05) is 82.1 Å². The van der Waals surface area contributed by atoms with Crippen LogP contribution in [0.25, 0.3) is 201 Å². The van der Waals surface area contributed by atoms with Gasteiger partial charge in [0.1, 0.15) is 0 Å². The summed E-state index contributed by atoms with van der Waals surface area (Å²) < 4.78 is 14.8. The first-order valence-electron chi connectivity index (χ1n) is 46.2. The van der Waals surface area contributed by atoms with Crippen molar-refractivity contribution >= 4 is 73.4 Å². The number of hydrogen-bond acceptors (Lipinski definition) is 7. The molecule has 1 N–H and O–H groups in total. The Balaban J connectivity index is 0.000000119. The standard InChI is InChI=1S/C40H25N3.C39H27N3.C36H24N2.C9H7NO.Li.2H2/c1-3-13-26(14-4-1)37-41-38(27-15-5-2-6-16-27)43-39(42-37)28-23-24-36-32(25-28)31-19-9-12-22-35(31)40(36)33-20-10-7-17-29(33)30-18-8-11-21-34(30)40;1-4-13-28(14-5-1)31-19-10-22-34(25-31)37-40-38(35-23-11-20-32(26-35)29-15-6-2-7-16-29)42-39(41-37)36-24-12-21-33(27-36)30-17-8-3-9-18-30;1-5-19-33-29(15-1)30-16-2-6-20-34(30)37(33)27-13-9-11-25(23-27)26-12-10-14-28(24-26)38-35-21-7-3-17-31(35)32-18-4-8-22-36(32)38;11-8-5-1-3-7-4-2-6-10-9(7)8;;;/h1-25H;1-27H;1-24H;1-6,11H;;2*1H/q;;;;-1;;/i;;;;;1+2T;1+2. The van der Waals surface area contributed by atoms with Gasteiger partial charge < -0.3 is 33.1 Å². The molecule has 19 aromatic carbocycles. The Bertz CT molecular complexity index is 7950. The summed E-state index contributed by atoms with van der Waals surface area (Å²) in [5.74, 6) is 3.97. The normalized spacial score (nSPS) is 11.8. The molecule has 26 rings (SSSR count). The number of aromatic nitrogens is 9. The topological polar surface area (TPSA) is 124 Å². The zero-order valence-corrected chi connectivity index (χ0v) is 73.8. The molecule has 0 aliphatic heterocycles. The van der Waals surface area contributed by atoms with Gasteiger partial charge >= 0.3 is 0 Å². The van der Waals surface area contributed by atoms with Crippen LogP contribution in [0.3, 0.4) is 0 Å². The van der Waals surface area contributed by atoms with E-state index in [9.17, 15) is 5.11 Å². The number of H-pyrrole nitrogens is 1. The van der Waals surface area contributed by atoms with Crippen LogP contribution in [-0.2, 0) is 5.41 Å². The molecular weight excluding hydrogens is 1640 g/mol. The van der Waals surface area contributed by atoms with Crippen LogP contribution in [0.4, 0.5) is 0 Å². The van der Waals surface area contributed by atoms with E-state index in [0.717, 1.165) is 72.1 Å². The molecule has 135 heavy (non-hydrogen) atoms. The fourth-order valence-corrected chi connectivity index (χ4v) is 19.5. The number of nitrogens with one attached hydrogen (secondary N) is 1. The van der Waals surface area contributed by atoms with Crippen LogP contribution in [0.5, 0.6) is 5.75 Å². The van der Waals surface area contributed by atoms with Crippen molar-refractivity contribution in [2.45, 2.75) is 5.41 Å². The predicted octanol–water partition coefficient (Wildman–Crippen LogP) is 29.5. The van der Waals surface area contributed by atoms with Gasteiger partial charge in [-0.2, -0.15) is 0 Å². The maximum Gasteiger partial charge on any atom is 0.202 e. The van der Waals surface area contributed by atoms with Crippen molar-refractivity contribution < 1.29 is 14.5 Å². The van der Waals surface area contributed by atoms with E-state index in [0.29, 0.717) is 40.5 Å². The van der Waals surface area contributed by atoms with Crippen LogP contribution in [0, 0.1) is 0 Å². The van der Waals surface area contributed by atoms with Gasteiger partial charge in [0.25, 0.3) is 0 Å². The molecular formula is C124H87LiN9O-. The average molecular weight is 1730 g/mol. The molecule has 2 radical (unpaired) electrons. The number of aromatic amines is 1. The van der Waals surface area contributed by atoms with Crippen molar-refractivity contribution in [1.29, 1.82) is 0 Å². The van der Waals surface area contributed by atoms with Crippen molar-refractivity contribution in [1.82, 2.24) is 39.0 Å². The number of pyridine rings is 1. The van der Waals surface area contributed by atoms with E-state index in [2.05, 4.69) is 396 Å². The maximum absolute atomic E-state index is 11.1. The van der Waals surface area contributed by atoms with Crippen LogP contribution >= 0.6 is 0 Å². The van der Waals surface area contributed by atoms with E-state index >= 15 is 0 Å². The summed E-state index contributed by atoms with van der Waals surface area (Å²) in [4.78, 5) is 32.9. The third-order valence-electron chi connectivity index (χ3n) is 25.6. The fourth-order valence-electron chi connectivity index (χ4n) is 19.5. The SMILES string of the molecule is [3HH].[3H][3H].[Li-].[O-]c1cccc2ccc[nH+]c12.c1cc(-c2cccc(-n3c4ccccc4c4ccccc43)c2)cc(-n2c3ccccc3c3ccccc32)c1.c1ccc(-c2cccc(-c3nc(-c4cccc(-c5ccccc5)c4)nc(-c4cccc(-c5ccccc5)c4)n3)c2)cc1.c1ccc(-c2nc(-c3ccccc3)nc(-c3ccc4c(c3)-c3ccccc3C43c4ccccc4-c4ccccc43)n2)cc1. The molecule has 0 unspecified atom stereocenters. The minimum absolute atomic E-state index is 0. The van der Waals surface area contributed by atoms with Crippen molar-refractivity contribution in [3.63, 3.8) is 0 Å². The molecule has 10 nitrogen and oxygen atoms in total. The molecule has 1 spiro atoms. The van der Waals surface area contributed by atoms with Gasteiger partial charge in [0.2, 0.25) is 5.52 Å². The zero-order valence-electron chi connectivity index (χ0n) is 75.8. The molecule has 11 heteroatoms. The first-order chi connectivity index (χ1) is 67.4. The van der Waals surface area contributed by atoms with Gasteiger partial charge in [-0.15, -0.1) is 0 Å². The Morgan fingerprint density at radius 2 is 0.481 bits per heavy atom. The minimum atomic E-state index is -0.360. The maximum atomic E-state index is 11.1. The Labute approximate surface area is 798 Å². The second-order valence-electron chi connectivity index (χ2n) is 33.6. The first kappa shape index (κ1) is 82.0. The van der Waals surface area contributed by atoms with Gasteiger partial charge in [0.15, 0.2) is 41.1 Å². The summed E-state index contributed by atoms with van der Waals surface area (Å²) in [6.45, 7) is 0. The van der Waals surface area contributed by atoms with Crippen LogP contribution < -0.4 is 10.1 Å². The van der Waals surface area contributed by atoms with E-state index < -0.39 is 0 Å². The average Bonchev–Trinajstić information content (AvgIpc) is 1.51. The van der Waals surface area contributed by atoms with E-state index in [1.807, 2.05) is 97.1 Å². The Kier molecular flexibility index (Phi) is 22.2. The molecule has 0 atom stereocenters. The van der Waals surface area contributed by atoms with Gasteiger partial charge in [-0.3, -0.25) is 0 Å². The number of rotatable bonds is 12. The van der Waals surface area contributed by atoms with E-state index in [4.69, 9.17) is 32.9 Å². The Hall–Kier alpha value is -17.4. The van der Waals surface area contributed by atoms with Crippen molar-refractivity contribution in [3.05, 3.63) is 520 Å². The van der Waals surface area contributed by atoms with Crippen LogP contribution in [0.2, 0.25) is 0 Å². The van der Waals surface area contributed by atoms with Crippen molar-refractivity contribution in [2.75, 3.05) is 0 Å². The molecule has 2 aliphatic rings. The second kappa shape index (κ2) is 36.5. The Morgan fingerprint density at radius 3 is 0.852 bits per heavy atom. The summed E-state index contributed by atoms with van der Waals surface area (Å²) in [6, 6.07) is 172. The molecule has 0 amide bonds. The predicted molar refractivity (Wildman–Crippen MR) is 555 cm³/mol. The zero-order chi connectivity index (χ0) is 91.3. The first-order valence-corrected chi connectivity index (χ1v) is 45.2. The molecule has 5 aromatic heterocycles. The molecule has 0 bridgehead atoms. The van der Waals surface area contributed by atoms with Gasteiger partial charge in [-0.05, 0) is 180 Å². The van der Waals surface area contributed by atoms with Gasteiger partial charge in [-0.1, -0.05) is 400 Å². The van der Waals surface area contributed by atoms with Crippen LogP contribution in [0.15, 0.2) is 498 Å². The van der Waals surface area contributed by atoms with Crippen molar-refractivity contribution in [2.24, 2.45) is 0 Å². The number of hydrogen-bond donors (Lipinski definition) is 0. The number of fused-ring (bicyclic) bond motifs is 17. The fraction of sp³-hybridized carbons (Fsp3) is 0.00806. The number of nitrogens with zero attached hydrogens (tertiary/aromatic N) is 8. The summed E-state index contributed by atoms with van der Waals surface area (Å²) >= 11 is 0. The Morgan fingerprint density at radius 1 is 0.215 bits per heavy atom. The molecule has 2 aliphatic carbocycles. The van der Waals surface area contributed by atoms with Crippen LogP contribution in [-0.4, -0.2) is 57.9 Å². The second-order valence-corrected chi connectivity index (χ2v) is 33.6. The third-order valence-corrected chi connectivity index (χ3v) is 25.6. The summed E-state index contributed by atoms with van der Waals surface area (Å²) in [5, 5.41) is 17.2. The molecule has 0 fully saturated rings. The smallest absolute Gasteiger partial charge is 0.202 e. The van der Waals surface area contributed by atoms with Gasteiger partial charge in [0.05, 0.1) is 27.5 Å². The summed E-state index contributed by atoms with van der Waals surface area (Å²) in [6.07, 6.45) is 1.75. The molecule has 24 aromatic rings. The quantitative estimate of drug-likeness (QED) is 0.112. The molecule has 0 saturated heterocycles. The largest absolute Gasteiger partial charge is 1.00 e. The van der Waals surface area contributed by atoms with Crippen molar-refractivity contribution in [3.8, 4) is 152 Å². The minimum Gasteiger partial charge on any atom is -1.00 e. The van der Waals surface area contributed by atoms with Gasteiger partial charge in [-0.25, -0.2) is 34.9 Å². The monoisotopic (exact) mass is 1730 g/mol. The van der Waals surface area contributed by atoms with Crippen LogP contribution in [0.1, 0.15) is 26.7 Å². The number of para-hydroxylation sites is 5. The van der Waals surface area contributed by atoms with E-state index in [-0.39, 0.29) is 31.5 Å². The molecule has 0 saturated carbocycles. The molecule has 5 heterocycles. The third kappa shape index (κ3) is 15.8. The van der Waals surface area contributed by atoms with E-state index in [1.165, 1.54) is 111 Å². The van der Waals surface area contributed by atoms with E-state index in [1.54, 1.807) is 18.3 Å². The molecule has 636 valence electrons. The summed E-state index contributed by atoms with van der Waals surface area (Å²) in [5.41, 5.74) is 32.9.